The molecule has 1 aromatic rings. The number of hydrogen-bond acceptors (Lipinski definition) is 7. The number of carbonyl (C=O) groups excluding carboxylic acids is 2. The van der Waals surface area contributed by atoms with E-state index in [9.17, 15) is 14.2 Å². The van der Waals surface area contributed by atoms with Crippen LogP contribution in [0.4, 0.5) is 0 Å². The monoisotopic (exact) mass is 290 g/mol. The van der Waals surface area contributed by atoms with Crippen LogP contribution in [0.25, 0.3) is 0 Å². The van der Waals surface area contributed by atoms with Crippen molar-refractivity contribution in [2.75, 3.05) is 20.3 Å². The van der Waals surface area contributed by atoms with Crippen molar-refractivity contribution in [2.45, 2.75) is 13.8 Å². The predicted octanol–water partition coefficient (Wildman–Crippen LogP) is 2.47. The number of carbonyl (C=O) groups is 2. The molecule has 7 nitrogen and oxygen atoms in total. The Bertz CT molecular complexity index is 495. The van der Waals surface area contributed by atoms with Crippen molar-refractivity contribution in [3.63, 3.8) is 0 Å². The van der Waals surface area contributed by atoms with Gasteiger partial charge in [-0.3, -0.25) is 9.36 Å². The van der Waals surface area contributed by atoms with Crippen molar-refractivity contribution in [1.29, 1.82) is 0 Å². The van der Waals surface area contributed by atoms with Gasteiger partial charge in [0.1, 0.15) is 5.56 Å². The Morgan fingerprint density at radius 2 is 1.84 bits per heavy atom. The Labute approximate surface area is 110 Å². The summed E-state index contributed by atoms with van der Waals surface area (Å²) in [6.45, 7) is 3.19. The lowest BCUT2D eigenvalue weighted by atomic mass is 10.2. The van der Waals surface area contributed by atoms with Gasteiger partial charge in [0, 0.05) is 0 Å². The van der Waals surface area contributed by atoms with Crippen LogP contribution in [0.15, 0.2) is 16.7 Å². The smallest absolute Gasteiger partial charge is 0.404 e. The molecular weight excluding hydrogens is 275 g/mol. The lowest BCUT2D eigenvalue weighted by Crippen LogP contribution is -2.11. The molecule has 0 aliphatic rings. The molecule has 0 fully saturated rings. The van der Waals surface area contributed by atoms with E-state index >= 15 is 0 Å². The van der Waals surface area contributed by atoms with Gasteiger partial charge in [0.05, 0.1) is 26.6 Å². The Balaban J connectivity index is 3.14. The minimum Gasteiger partial charge on any atom is -0.465 e. The first-order chi connectivity index (χ1) is 9.00. The maximum absolute atomic E-state index is 12.3. The lowest BCUT2D eigenvalue weighted by Gasteiger charge is -2.14. The second-order valence-corrected chi connectivity index (χ2v) is 5.21. The molecule has 8 heteroatoms. The molecule has 0 saturated heterocycles. The van der Waals surface area contributed by atoms with Crippen molar-refractivity contribution in [2.24, 2.45) is 0 Å². The maximum Gasteiger partial charge on any atom is 0.404 e. The first-order valence-electron chi connectivity index (χ1n) is 5.60. The van der Waals surface area contributed by atoms with Crippen LogP contribution in [0.5, 0.6) is 0 Å². The van der Waals surface area contributed by atoms with Gasteiger partial charge in [-0.2, -0.15) is 0 Å². The number of esters is 1. The van der Waals surface area contributed by atoms with Crippen LogP contribution in [-0.2, 0) is 18.3 Å². The van der Waals surface area contributed by atoms with Crippen LogP contribution in [0.1, 0.15) is 34.8 Å². The molecule has 0 radical (unpaired) electrons. The van der Waals surface area contributed by atoms with Crippen LogP contribution in [0.2, 0.25) is 0 Å². The molecule has 0 aliphatic carbocycles. The highest BCUT2D eigenvalue weighted by atomic mass is 31.2. The van der Waals surface area contributed by atoms with Gasteiger partial charge in [0.2, 0.25) is 0 Å². The third-order valence-corrected chi connectivity index (χ3v) is 4.01. The number of hydrogen-bond donors (Lipinski definition) is 0. The number of rotatable bonds is 7. The van der Waals surface area contributed by atoms with E-state index in [0.717, 1.165) is 13.4 Å². The van der Waals surface area contributed by atoms with Crippen molar-refractivity contribution < 1.29 is 32.4 Å². The zero-order chi connectivity index (χ0) is 14.5. The Morgan fingerprint density at radius 3 is 2.32 bits per heavy atom. The molecule has 1 rings (SSSR count). The van der Waals surface area contributed by atoms with Gasteiger partial charge in [-0.25, -0.2) is 4.79 Å². The van der Waals surface area contributed by atoms with Gasteiger partial charge in [0.15, 0.2) is 5.76 Å². The first kappa shape index (κ1) is 15.6. The van der Waals surface area contributed by atoms with Crippen molar-refractivity contribution in [1.82, 2.24) is 0 Å². The predicted molar refractivity (Wildman–Crippen MR) is 65.2 cm³/mol. The standard InChI is InChI=1S/C11H15O7P/c1-4-17-19(14,18-5-2)11(13)9-8(6-7-16-9)10(12)15-3/h6-7H,4-5H2,1-3H3. The molecule has 0 saturated carbocycles. The molecule has 0 amide bonds. The van der Waals surface area contributed by atoms with Gasteiger partial charge in [-0.1, -0.05) is 0 Å². The first-order valence-corrected chi connectivity index (χ1v) is 7.14. The number of furan rings is 1. The summed E-state index contributed by atoms with van der Waals surface area (Å²) in [5.74, 6) is -1.16. The fourth-order valence-corrected chi connectivity index (χ4v) is 2.78. The van der Waals surface area contributed by atoms with Crippen LogP contribution >= 0.6 is 7.60 Å². The summed E-state index contributed by atoms with van der Waals surface area (Å²) in [5, 5.41) is 0. The zero-order valence-corrected chi connectivity index (χ0v) is 11.8. The summed E-state index contributed by atoms with van der Waals surface area (Å²) < 4.78 is 31.5. The molecule has 0 N–H and O–H groups in total. The molecule has 19 heavy (non-hydrogen) atoms. The van der Waals surface area contributed by atoms with Crippen LogP contribution in [-0.4, -0.2) is 31.8 Å². The van der Waals surface area contributed by atoms with Gasteiger partial charge in [-0.05, 0) is 19.9 Å². The molecule has 106 valence electrons. The average molecular weight is 290 g/mol. The van der Waals surface area contributed by atoms with E-state index in [1.54, 1.807) is 13.8 Å². The molecular formula is C11H15O7P. The maximum atomic E-state index is 12.3. The molecule has 0 unspecified atom stereocenters. The lowest BCUT2D eigenvalue weighted by molar-refractivity contribution is 0.0596. The van der Waals surface area contributed by atoms with E-state index in [2.05, 4.69) is 4.74 Å². The topological polar surface area (TPSA) is 92.0 Å². The third-order valence-electron chi connectivity index (χ3n) is 2.11. The Kier molecular flexibility index (Phi) is 5.47. The zero-order valence-electron chi connectivity index (χ0n) is 10.9. The summed E-state index contributed by atoms with van der Waals surface area (Å²) in [6, 6.07) is 1.25. The fraction of sp³-hybridized carbons (Fsp3) is 0.455. The van der Waals surface area contributed by atoms with Crippen LogP contribution in [0, 0.1) is 0 Å². The Morgan fingerprint density at radius 1 is 1.26 bits per heavy atom. The molecule has 1 heterocycles. The summed E-state index contributed by atoms with van der Waals surface area (Å²) in [4.78, 5) is 23.6. The fourth-order valence-electron chi connectivity index (χ4n) is 1.36. The molecule has 0 atom stereocenters. The largest absolute Gasteiger partial charge is 0.465 e. The Hall–Kier alpha value is -1.43. The van der Waals surface area contributed by atoms with Crippen molar-refractivity contribution >= 4 is 19.1 Å². The van der Waals surface area contributed by atoms with Crippen LogP contribution < -0.4 is 0 Å². The SMILES string of the molecule is CCOP(=O)(OCC)C(=O)c1occc1C(=O)OC. The summed E-state index contributed by atoms with van der Waals surface area (Å²) in [5.41, 5.74) is -1.12. The highest BCUT2D eigenvalue weighted by Crippen LogP contribution is 2.51. The van der Waals surface area contributed by atoms with E-state index in [0.29, 0.717) is 0 Å². The summed E-state index contributed by atoms with van der Waals surface area (Å²) >= 11 is 0. The molecule has 0 bridgehead atoms. The van der Waals surface area contributed by atoms with E-state index in [-0.39, 0.29) is 18.8 Å². The molecule has 0 spiro atoms. The highest BCUT2D eigenvalue weighted by molar-refractivity contribution is 7.72. The van der Waals surface area contributed by atoms with Gasteiger partial charge < -0.3 is 18.2 Å². The number of methoxy groups -OCH3 is 1. The van der Waals surface area contributed by atoms with E-state index in [1.807, 2.05) is 0 Å². The molecule has 0 aliphatic heterocycles. The molecule has 0 aromatic carbocycles. The van der Waals surface area contributed by atoms with Crippen molar-refractivity contribution in [3.05, 3.63) is 23.7 Å². The van der Waals surface area contributed by atoms with Crippen LogP contribution in [0.3, 0.4) is 0 Å². The minimum atomic E-state index is -4.02. The second-order valence-electron chi connectivity index (χ2n) is 3.29. The van der Waals surface area contributed by atoms with Gasteiger partial charge in [-0.15, -0.1) is 0 Å². The highest BCUT2D eigenvalue weighted by Gasteiger charge is 2.40. The van der Waals surface area contributed by atoms with Gasteiger partial charge >= 0.3 is 19.1 Å². The van der Waals surface area contributed by atoms with E-state index < -0.39 is 24.8 Å². The van der Waals surface area contributed by atoms with Crippen molar-refractivity contribution in [3.8, 4) is 0 Å². The van der Waals surface area contributed by atoms with E-state index in [1.165, 1.54) is 6.07 Å². The number of ether oxygens (including phenoxy) is 1. The second kappa shape index (κ2) is 6.65. The minimum absolute atomic E-state index is 0.0251. The summed E-state index contributed by atoms with van der Waals surface area (Å²) in [6.07, 6.45) is 1.13. The van der Waals surface area contributed by atoms with Gasteiger partial charge in [0.25, 0.3) is 0 Å². The third kappa shape index (κ3) is 3.32. The normalized spacial score (nSPS) is 11.3. The summed E-state index contributed by atoms with van der Waals surface area (Å²) in [7, 11) is -2.86. The quantitative estimate of drug-likeness (QED) is 0.562. The average Bonchev–Trinajstić information content (AvgIpc) is 2.86. The molecule has 1 aromatic heterocycles. The van der Waals surface area contributed by atoms with E-state index in [4.69, 9.17) is 13.5 Å².